The second-order valence-corrected chi connectivity index (χ2v) is 4.12. The van der Waals surface area contributed by atoms with Gasteiger partial charge in [-0.25, -0.2) is 0 Å². The maximum absolute atomic E-state index is 9.80. The lowest BCUT2D eigenvalue weighted by atomic mass is 9.80. The predicted molar refractivity (Wildman–Crippen MR) is 46.4 cm³/mol. The summed E-state index contributed by atoms with van der Waals surface area (Å²) in [5, 5.41) is 10.5. The second-order valence-electron chi connectivity index (χ2n) is 3.56. The number of aliphatic hydroxyl groups is 1. The molecule has 0 spiro atoms. The number of rotatable bonds is 1. The van der Waals surface area contributed by atoms with Gasteiger partial charge < -0.3 is 5.11 Å². The molecule has 0 heterocycles. The van der Waals surface area contributed by atoms with Crippen LogP contribution in [0.1, 0.15) is 32.6 Å². The lowest BCUT2D eigenvalue weighted by molar-refractivity contribution is 0.0102. The second kappa shape index (κ2) is 3.22. The lowest BCUT2D eigenvalue weighted by Gasteiger charge is -2.33. The molecule has 1 aliphatic carbocycles. The summed E-state index contributed by atoms with van der Waals surface area (Å²) in [6, 6.07) is 0. The van der Waals surface area contributed by atoms with E-state index in [1.807, 2.05) is 0 Å². The van der Waals surface area contributed by atoms with Crippen LogP contribution < -0.4 is 0 Å². The highest BCUT2D eigenvalue weighted by molar-refractivity contribution is 9.09. The summed E-state index contributed by atoms with van der Waals surface area (Å²) in [5.41, 5.74) is -0.391. The fraction of sp³-hybridized carbons (Fsp3) is 1.00. The Labute approximate surface area is 70.9 Å². The van der Waals surface area contributed by atoms with Crippen molar-refractivity contribution in [2.45, 2.75) is 38.2 Å². The van der Waals surface area contributed by atoms with Gasteiger partial charge in [-0.15, -0.1) is 0 Å². The van der Waals surface area contributed by atoms with Gasteiger partial charge in [0.15, 0.2) is 0 Å². The topological polar surface area (TPSA) is 20.2 Å². The standard InChI is InChI=1S/C8H15BrO/c1-7-3-2-4-8(10,5-7)6-9/h7,10H,2-6H2,1H3/t7-,8-/m0/s1. The van der Waals surface area contributed by atoms with Gasteiger partial charge in [0, 0.05) is 5.33 Å². The smallest absolute Gasteiger partial charge is 0.0746 e. The molecular weight excluding hydrogens is 192 g/mol. The summed E-state index contributed by atoms with van der Waals surface area (Å²) >= 11 is 3.34. The van der Waals surface area contributed by atoms with Crippen LogP contribution >= 0.6 is 15.9 Å². The molecule has 0 radical (unpaired) electrons. The van der Waals surface area contributed by atoms with Crippen LogP contribution in [-0.2, 0) is 0 Å². The molecule has 60 valence electrons. The maximum atomic E-state index is 9.80. The minimum atomic E-state index is -0.391. The zero-order valence-electron chi connectivity index (χ0n) is 6.44. The third kappa shape index (κ3) is 1.96. The van der Waals surface area contributed by atoms with Crippen LogP contribution in [0.5, 0.6) is 0 Å². The van der Waals surface area contributed by atoms with Gasteiger partial charge in [0.05, 0.1) is 5.60 Å². The van der Waals surface area contributed by atoms with Gasteiger partial charge in [0.1, 0.15) is 0 Å². The van der Waals surface area contributed by atoms with Crippen LogP contribution in [0.15, 0.2) is 0 Å². The molecule has 0 aliphatic heterocycles. The summed E-state index contributed by atoms with van der Waals surface area (Å²) in [4.78, 5) is 0. The van der Waals surface area contributed by atoms with Gasteiger partial charge in [0.25, 0.3) is 0 Å². The summed E-state index contributed by atoms with van der Waals surface area (Å²) in [6.07, 6.45) is 4.42. The van der Waals surface area contributed by atoms with Crippen LogP contribution in [0.3, 0.4) is 0 Å². The Morgan fingerprint density at radius 3 is 2.80 bits per heavy atom. The Kier molecular flexibility index (Phi) is 2.75. The number of alkyl halides is 1. The van der Waals surface area contributed by atoms with Crippen LogP contribution in [0.4, 0.5) is 0 Å². The van der Waals surface area contributed by atoms with Crippen LogP contribution in [0.2, 0.25) is 0 Å². The van der Waals surface area contributed by atoms with Crippen molar-refractivity contribution >= 4 is 15.9 Å². The predicted octanol–water partition coefficient (Wildman–Crippen LogP) is 2.32. The SMILES string of the molecule is C[C@H]1CCC[C@@](O)(CBr)C1. The third-order valence-electron chi connectivity index (χ3n) is 2.32. The molecule has 0 unspecified atom stereocenters. The lowest BCUT2D eigenvalue weighted by Crippen LogP contribution is -2.35. The normalized spacial score (nSPS) is 41.7. The Bertz CT molecular complexity index is 116. The summed E-state index contributed by atoms with van der Waals surface area (Å²) < 4.78 is 0. The van der Waals surface area contributed by atoms with E-state index in [9.17, 15) is 5.11 Å². The monoisotopic (exact) mass is 206 g/mol. The van der Waals surface area contributed by atoms with Gasteiger partial charge in [-0.05, 0) is 18.8 Å². The zero-order chi connectivity index (χ0) is 7.61. The number of halogens is 1. The van der Waals surface area contributed by atoms with E-state index >= 15 is 0 Å². The Hall–Kier alpha value is 0.440. The van der Waals surface area contributed by atoms with E-state index in [1.54, 1.807) is 0 Å². The van der Waals surface area contributed by atoms with Gasteiger partial charge in [-0.2, -0.15) is 0 Å². The molecular formula is C8H15BrO. The first-order chi connectivity index (χ1) is 4.66. The first-order valence-corrected chi connectivity index (χ1v) is 5.07. The highest BCUT2D eigenvalue weighted by Crippen LogP contribution is 2.33. The van der Waals surface area contributed by atoms with E-state index in [-0.39, 0.29) is 0 Å². The van der Waals surface area contributed by atoms with Crippen LogP contribution in [-0.4, -0.2) is 16.0 Å². The van der Waals surface area contributed by atoms with Gasteiger partial charge in [0.2, 0.25) is 0 Å². The first-order valence-electron chi connectivity index (χ1n) is 3.95. The van der Waals surface area contributed by atoms with E-state index in [4.69, 9.17) is 0 Å². The molecule has 0 aromatic heterocycles. The molecule has 1 rings (SSSR count). The minimum absolute atomic E-state index is 0.391. The molecule has 0 saturated heterocycles. The molecule has 0 aromatic rings. The highest BCUT2D eigenvalue weighted by atomic mass is 79.9. The highest BCUT2D eigenvalue weighted by Gasteiger charge is 2.30. The van der Waals surface area contributed by atoms with Crippen molar-refractivity contribution in [3.05, 3.63) is 0 Å². The van der Waals surface area contributed by atoms with Crippen molar-refractivity contribution in [2.75, 3.05) is 5.33 Å². The molecule has 0 bridgehead atoms. The van der Waals surface area contributed by atoms with Crippen LogP contribution in [0.25, 0.3) is 0 Å². The van der Waals surface area contributed by atoms with Gasteiger partial charge in [-0.3, -0.25) is 0 Å². The molecule has 1 nitrogen and oxygen atoms in total. The Balaban J connectivity index is 2.45. The molecule has 1 saturated carbocycles. The molecule has 1 fully saturated rings. The number of hydrogen-bond donors (Lipinski definition) is 1. The molecule has 2 atom stereocenters. The third-order valence-corrected chi connectivity index (χ3v) is 3.36. The van der Waals surface area contributed by atoms with Crippen molar-refractivity contribution < 1.29 is 5.11 Å². The number of hydrogen-bond acceptors (Lipinski definition) is 1. The average molecular weight is 207 g/mol. The zero-order valence-corrected chi connectivity index (χ0v) is 8.02. The Morgan fingerprint density at radius 2 is 2.40 bits per heavy atom. The summed E-state index contributed by atoms with van der Waals surface area (Å²) in [5.74, 6) is 0.705. The summed E-state index contributed by atoms with van der Waals surface area (Å²) in [6.45, 7) is 2.22. The van der Waals surface area contributed by atoms with E-state index < -0.39 is 5.60 Å². The van der Waals surface area contributed by atoms with Crippen molar-refractivity contribution in [1.82, 2.24) is 0 Å². The fourth-order valence-corrected chi connectivity index (χ4v) is 2.26. The first kappa shape index (κ1) is 8.54. The molecule has 10 heavy (non-hydrogen) atoms. The minimum Gasteiger partial charge on any atom is -0.389 e. The van der Waals surface area contributed by atoms with Crippen LogP contribution in [0, 0.1) is 5.92 Å². The summed E-state index contributed by atoms with van der Waals surface area (Å²) in [7, 11) is 0. The van der Waals surface area contributed by atoms with Crippen molar-refractivity contribution in [3.8, 4) is 0 Å². The molecule has 1 aliphatic rings. The van der Waals surface area contributed by atoms with Gasteiger partial charge in [-0.1, -0.05) is 35.7 Å². The molecule has 0 aromatic carbocycles. The van der Waals surface area contributed by atoms with E-state index in [0.29, 0.717) is 5.92 Å². The van der Waals surface area contributed by atoms with Gasteiger partial charge >= 0.3 is 0 Å². The molecule has 1 N–H and O–H groups in total. The fourth-order valence-electron chi connectivity index (χ4n) is 1.75. The molecule has 2 heteroatoms. The van der Waals surface area contributed by atoms with Crippen molar-refractivity contribution in [3.63, 3.8) is 0 Å². The molecule has 0 amide bonds. The largest absolute Gasteiger partial charge is 0.389 e. The Morgan fingerprint density at radius 1 is 1.70 bits per heavy atom. The quantitative estimate of drug-likeness (QED) is 0.654. The van der Waals surface area contributed by atoms with E-state index in [2.05, 4.69) is 22.9 Å². The van der Waals surface area contributed by atoms with E-state index in [0.717, 1.165) is 18.2 Å². The van der Waals surface area contributed by atoms with E-state index in [1.165, 1.54) is 12.8 Å². The average Bonchev–Trinajstić information content (AvgIpc) is 1.88. The maximum Gasteiger partial charge on any atom is 0.0746 e. The van der Waals surface area contributed by atoms with Crippen molar-refractivity contribution in [2.24, 2.45) is 5.92 Å². The van der Waals surface area contributed by atoms with Crippen molar-refractivity contribution in [1.29, 1.82) is 0 Å².